The molecule has 0 spiro atoms. The van der Waals surface area contributed by atoms with Gasteiger partial charge in [-0.2, -0.15) is 13.2 Å². The number of aliphatic hydroxyl groups excluding tert-OH is 1. The maximum absolute atomic E-state index is 13.0. The SMILES string of the molecule is O[C@H]1CN(c2cc(Nc3cccc(C(F)(F)F)c3)ncn2)CC[C@@H]1N1CCc2ccccc2C1. The molecule has 178 valence electrons. The van der Waals surface area contributed by atoms with Gasteiger partial charge in [0.15, 0.2) is 0 Å². The van der Waals surface area contributed by atoms with E-state index < -0.39 is 17.8 Å². The van der Waals surface area contributed by atoms with Gasteiger partial charge in [-0.15, -0.1) is 0 Å². The fourth-order valence-corrected chi connectivity index (χ4v) is 4.86. The molecule has 0 radical (unpaired) electrons. The zero-order chi connectivity index (χ0) is 23.7. The van der Waals surface area contributed by atoms with Crippen molar-refractivity contribution < 1.29 is 18.3 Å². The molecule has 6 nitrogen and oxygen atoms in total. The van der Waals surface area contributed by atoms with Crippen LogP contribution in [0.5, 0.6) is 0 Å². The van der Waals surface area contributed by atoms with Crippen LogP contribution in [0, 0.1) is 0 Å². The Balaban J connectivity index is 1.24. The first-order valence-corrected chi connectivity index (χ1v) is 11.4. The highest BCUT2D eigenvalue weighted by molar-refractivity contribution is 5.60. The number of alkyl halides is 3. The van der Waals surface area contributed by atoms with Crippen LogP contribution in [0.25, 0.3) is 0 Å². The molecule has 0 aliphatic carbocycles. The number of halogens is 3. The molecule has 0 unspecified atom stereocenters. The quantitative estimate of drug-likeness (QED) is 0.596. The van der Waals surface area contributed by atoms with Crippen LogP contribution in [0.4, 0.5) is 30.5 Å². The van der Waals surface area contributed by atoms with Gasteiger partial charge in [-0.3, -0.25) is 4.90 Å². The molecule has 9 heteroatoms. The molecule has 1 fully saturated rings. The first kappa shape index (κ1) is 22.6. The van der Waals surface area contributed by atoms with Gasteiger partial charge >= 0.3 is 6.18 Å². The third-order valence-corrected chi connectivity index (χ3v) is 6.61. The van der Waals surface area contributed by atoms with Crippen LogP contribution in [-0.4, -0.2) is 51.8 Å². The molecule has 2 aromatic carbocycles. The van der Waals surface area contributed by atoms with Crippen molar-refractivity contribution in [1.29, 1.82) is 0 Å². The summed E-state index contributed by atoms with van der Waals surface area (Å²) in [6.45, 7) is 2.93. The summed E-state index contributed by atoms with van der Waals surface area (Å²) in [6, 6.07) is 15.2. The van der Waals surface area contributed by atoms with Crippen molar-refractivity contribution in [2.75, 3.05) is 29.9 Å². The molecule has 34 heavy (non-hydrogen) atoms. The van der Waals surface area contributed by atoms with E-state index in [0.29, 0.717) is 23.9 Å². The molecule has 0 saturated carbocycles. The molecule has 1 aromatic heterocycles. The zero-order valence-corrected chi connectivity index (χ0v) is 18.5. The largest absolute Gasteiger partial charge is 0.416 e. The summed E-state index contributed by atoms with van der Waals surface area (Å²) in [6.07, 6.45) is -1.78. The van der Waals surface area contributed by atoms with E-state index in [1.165, 1.54) is 23.5 Å². The summed E-state index contributed by atoms with van der Waals surface area (Å²) < 4.78 is 39.0. The van der Waals surface area contributed by atoms with E-state index in [2.05, 4.69) is 44.5 Å². The molecule has 2 atom stereocenters. The highest BCUT2D eigenvalue weighted by Crippen LogP contribution is 2.32. The van der Waals surface area contributed by atoms with Crippen molar-refractivity contribution in [3.8, 4) is 0 Å². The third-order valence-electron chi connectivity index (χ3n) is 6.61. The van der Waals surface area contributed by atoms with Gasteiger partial charge in [-0.05, 0) is 42.2 Å². The van der Waals surface area contributed by atoms with E-state index in [4.69, 9.17) is 0 Å². The molecular formula is C25H26F3N5O. The van der Waals surface area contributed by atoms with E-state index in [1.54, 1.807) is 12.1 Å². The normalized spacial score (nSPS) is 21.2. The summed E-state index contributed by atoms with van der Waals surface area (Å²) in [4.78, 5) is 12.8. The van der Waals surface area contributed by atoms with Gasteiger partial charge in [0.25, 0.3) is 0 Å². The van der Waals surface area contributed by atoms with Crippen LogP contribution in [0.3, 0.4) is 0 Å². The Bertz CT molecular complexity index is 1160. The highest BCUT2D eigenvalue weighted by atomic mass is 19.4. The predicted molar refractivity (Wildman–Crippen MR) is 124 cm³/mol. The summed E-state index contributed by atoms with van der Waals surface area (Å²) in [5.41, 5.74) is 2.28. The number of hydrogen-bond donors (Lipinski definition) is 2. The molecule has 3 heterocycles. The molecule has 0 bridgehead atoms. The fraction of sp³-hybridized carbons (Fsp3) is 0.360. The number of aromatic nitrogens is 2. The van der Waals surface area contributed by atoms with Gasteiger partial charge in [-0.25, -0.2) is 9.97 Å². The molecule has 2 N–H and O–H groups in total. The number of nitrogens with one attached hydrogen (secondary N) is 1. The highest BCUT2D eigenvalue weighted by Gasteiger charge is 2.34. The summed E-state index contributed by atoms with van der Waals surface area (Å²) >= 11 is 0. The Labute approximate surface area is 196 Å². The smallest absolute Gasteiger partial charge is 0.390 e. The van der Waals surface area contributed by atoms with E-state index in [-0.39, 0.29) is 6.04 Å². The lowest BCUT2D eigenvalue weighted by Crippen LogP contribution is -2.55. The van der Waals surface area contributed by atoms with E-state index in [0.717, 1.165) is 44.6 Å². The molecule has 1 saturated heterocycles. The van der Waals surface area contributed by atoms with Crippen LogP contribution in [0.2, 0.25) is 0 Å². The minimum atomic E-state index is -4.41. The number of anilines is 3. The van der Waals surface area contributed by atoms with Gasteiger partial charge in [0.1, 0.15) is 18.0 Å². The van der Waals surface area contributed by atoms with Gasteiger partial charge in [0.2, 0.25) is 0 Å². The maximum Gasteiger partial charge on any atom is 0.416 e. The number of aliphatic hydroxyl groups is 1. The minimum Gasteiger partial charge on any atom is -0.390 e. The number of hydrogen-bond acceptors (Lipinski definition) is 6. The second kappa shape index (κ2) is 9.23. The van der Waals surface area contributed by atoms with Crippen LogP contribution in [0.1, 0.15) is 23.1 Å². The number of nitrogens with zero attached hydrogens (tertiary/aromatic N) is 4. The van der Waals surface area contributed by atoms with E-state index in [9.17, 15) is 18.3 Å². The predicted octanol–water partition coefficient (Wildman–Crippen LogP) is 4.24. The average Bonchev–Trinajstić information content (AvgIpc) is 2.83. The van der Waals surface area contributed by atoms with Crippen molar-refractivity contribution in [1.82, 2.24) is 14.9 Å². The van der Waals surface area contributed by atoms with Gasteiger partial charge < -0.3 is 15.3 Å². The van der Waals surface area contributed by atoms with Crippen LogP contribution < -0.4 is 10.2 Å². The Kier molecular flexibility index (Phi) is 6.14. The van der Waals surface area contributed by atoms with Crippen LogP contribution >= 0.6 is 0 Å². The molecule has 2 aliphatic heterocycles. The molecule has 5 rings (SSSR count). The number of rotatable bonds is 4. The first-order chi connectivity index (χ1) is 16.4. The van der Waals surface area contributed by atoms with Crippen molar-refractivity contribution in [2.45, 2.75) is 37.7 Å². The minimum absolute atomic E-state index is 0.0779. The molecule has 3 aromatic rings. The third kappa shape index (κ3) is 4.85. The first-order valence-electron chi connectivity index (χ1n) is 11.4. The summed E-state index contributed by atoms with van der Waals surface area (Å²) in [7, 11) is 0. The van der Waals surface area contributed by atoms with Crippen molar-refractivity contribution in [3.63, 3.8) is 0 Å². The van der Waals surface area contributed by atoms with Crippen LogP contribution in [0.15, 0.2) is 60.9 Å². The number of β-amino-alcohol motifs (C(OH)–C–C–N with tert-alkyl or cyclic N) is 1. The number of fused-ring (bicyclic) bond motifs is 1. The molecule has 0 amide bonds. The van der Waals surface area contributed by atoms with Crippen molar-refractivity contribution in [2.24, 2.45) is 0 Å². The Hall–Kier alpha value is -3.17. The van der Waals surface area contributed by atoms with Crippen molar-refractivity contribution in [3.05, 3.63) is 77.6 Å². The number of benzene rings is 2. The lowest BCUT2D eigenvalue weighted by molar-refractivity contribution is -0.137. The lowest BCUT2D eigenvalue weighted by Gasteiger charge is -2.43. The Morgan fingerprint density at radius 3 is 2.59 bits per heavy atom. The van der Waals surface area contributed by atoms with E-state index >= 15 is 0 Å². The maximum atomic E-state index is 13.0. The van der Waals surface area contributed by atoms with E-state index in [1.807, 2.05) is 4.90 Å². The standard InChI is InChI=1S/C25H26F3N5O/c26-25(27,28)19-6-3-7-20(12-19)31-23-13-24(30-16-29-23)33-11-9-21(22(34)15-33)32-10-8-17-4-1-2-5-18(17)14-32/h1-7,12-13,16,21-22,34H,8-11,14-15H2,(H,29,30,31)/t21-,22-/m0/s1. The van der Waals surface area contributed by atoms with Crippen LogP contribution in [-0.2, 0) is 19.1 Å². The van der Waals surface area contributed by atoms with Crippen molar-refractivity contribution >= 4 is 17.3 Å². The topological polar surface area (TPSA) is 64.5 Å². The zero-order valence-electron chi connectivity index (χ0n) is 18.5. The Morgan fingerprint density at radius 1 is 0.971 bits per heavy atom. The number of piperidine rings is 1. The lowest BCUT2D eigenvalue weighted by atomic mass is 9.94. The average molecular weight is 470 g/mol. The van der Waals surface area contributed by atoms with Gasteiger partial charge in [0.05, 0.1) is 11.7 Å². The van der Waals surface area contributed by atoms with Gasteiger partial charge in [0, 0.05) is 44.0 Å². The second-order valence-corrected chi connectivity index (χ2v) is 8.82. The monoisotopic (exact) mass is 469 g/mol. The second-order valence-electron chi connectivity index (χ2n) is 8.82. The molecular weight excluding hydrogens is 443 g/mol. The molecule has 2 aliphatic rings. The Morgan fingerprint density at radius 2 is 1.79 bits per heavy atom. The fourth-order valence-electron chi connectivity index (χ4n) is 4.86. The van der Waals surface area contributed by atoms with Gasteiger partial charge in [-0.1, -0.05) is 30.3 Å². The summed E-state index contributed by atoms with van der Waals surface area (Å²) in [5.74, 6) is 1.03. The summed E-state index contributed by atoms with van der Waals surface area (Å²) in [5, 5.41) is 13.9.